The average molecular weight is 540 g/mol. The number of primary sulfonamides is 1. The SMILES string of the molecule is CCOC(=O)c1ccc(COc2ccc(/C=C3\C(=O)N(c4ccc(S(N)(=O)=O)cc4)N=C3C)cc2OC)o1. The number of carbonyl (C=O) groups is 2. The lowest BCUT2D eigenvalue weighted by Crippen LogP contribution is -2.21. The van der Waals surface area contributed by atoms with Gasteiger partial charge in [-0.2, -0.15) is 10.1 Å². The molecule has 0 saturated heterocycles. The van der Waals surface area contributed by atoms with Crippen molar-refractivity contribution in [2.24, 2.45) is 10.2 Å². The Labute approximate surface area is 219 Å². The van der Waals surface area contributed by atoms with Crippen LogP contribution in [0.3, 0.4) is 0 Å². The van der Waals surface area contributed by atoms with Gasteiger partial charge in [0.15, 0.2) is 11.5 Å². The Bertz CT molecular complexity index is 1540. The van der Waals surface area contributed by atoms with Crippen molar-refractivity contribution >= 4 is 39.4 Å². The predicted octanol–water partition coefficient (Wildman–Crippen LogP) is 3.50. The maximum Gasteiger partial charge on any atom is 0.374 e. The van der Waals surface area contributed by atoms with Crippen LogP contribution in [0, 0.1) is 0 Å². The zero-order valence-electron chi connectivity index (χ0n) is 20.8. The van der Waals surface area contributed by atoms with E-state index in [1.54, 1.807) is 44.2 Å². The molecule has 2 N–H and O–H groups in total. The lowest BCUT2D eigenvalue weighted by molar-refractivity contribution is -0.114. The van der Waals surface area contributed by atoms with Gasteiger partial charge in [-0.05, 0) is 74.0 Å². The number of rotatable bonds is 9. The first-order valence-corrected chi connectivity index (χ1v) is 13.0. The fraction of sp³-hybridized carbons (Fsp3) is 0.192. The van der Waals surface area contributed by atoms with Crippen LogP contribution in [0.4, 0.5) is 5.69 Å². The van der Waals surface area contributed by atoms with Crippen LogP contribution >= 0.6 is 0 Å². The monoisotopic (exact) mass is 539 g/mol. The molecule has 11 nitrogen and oxygen atoms in total. The summed E-state index contributed by atoms with van der Waals surface area (Å²) in [5.74, 6) is 0.456. The van der Waals surface area contributed by atoms with Gasteiger partial charge in [0.2, 0.25) is 15.8 Å². The molecule has 1 aliphatic rings. The summed E-state index contributed by atoms with van der Waals surface area (Å²) in [7, 11) is -2.36. The smallest absolute Gasteiger partial charge is 0.374 e. The molecule has 12 heteroatoms. The first kappa shape index (κ1) is 26.6. The van der Waals surface area contributed by atoms with Crippen molar-refractivity contribution in [3.05, 3.63) is 77.3 Å². The minimum absolute atomic E-state index is 0.0552. The third kappa shape index (κ3) is 5.76. The van der Waals surface area contributed by atoms with Gasteiger partial charge < -0.3 is 18.6 Å². The molecule has 0 fully saturated rings. The summed E-state index contributed by atoms with van der Waals surface area (Å²) in [5, 5.41) is 10.6. The number of carbonyl (C=O) groups excluding carboxylic acids is 2. The van der Waals surface area contributed by atoms with Crippen molar-refractivity contribution in [3.63, 3.8) is 0 Å². The summed E-state index contributed by atoms with van der Waals surface area (Å²) in [6.45, 7) is 3.71. The van der Waals surface area contributed by atoms with E-state index >= 15 is 0 Å². The maximum atomic E-state index is 13.1. The van der Waals surface area contributed by atoms with Crippen LogP contribution in [0.1, 0.15) is 35.7 Å². The van der Waals surface area contributed by atoms with Crippen molar-refractivity contribution in [3.8, 4) is 11.5 Å². The number of anilines is 1. The third-order valence-electron chi connectivity index (χ3n) is 5.48. The van der Waals surface area contributed by atoms with Crippen LogP contribution in [0.25, 0.3) is 6.08 Å². The van der Waals surface area contributed by atoms with Crippen molar-refractivity contribution in [1.82, 2.24) is 0 Å². The lowest BCUT2D eigenvalue weighted by atomic mass is 10.1. The van der Waals surface area contributed by atoms with E-state index in [1.807, 2.05) is 0 Å². The molecule has 0 saturated carbocycles. The molecule has 4 rings (SSSR count). The number of nitrogens with two attached hydrogens (primary N) is 1. The van der Waals surface area contributed by atoms with Gasteiger partial charge in [-0.15, -0.1) is 0 Å². The molecule has 0 unspecified atom stereocenters. The highest BCUT2D eigenvalue weighted by atomic mass is 32.2. The highest BCUT2D eigenvalue weighted by Crippen LogP contribution is 2.31. The van der Waals surface area contributed by atoms with Crippen LogP contribution in [-0.2, 0) is 26.2 Å². The quantitative estimate of drug-likeness (QED) is 0.321. The van der Waals surface area contributed by atoms with E-state index in [9.17, 15) is 18.0 Å². The molecule has 38 heavy (non-hydrogen) atoms. The normalized spacial score (nSPS) is 14.5. The van der Waals surface area contributed by atoms with Crippen molar-refractivity contribution in [2.45, 2.75) is 25.3 Å². The Morgan fingerprint density at radius 1 is 1.11 bits per heavy atom. The summed E-state index contributed by atoms with van der Waals surface area (Å²) in [4.78, 5) is 24.8. The van der Waals surface area contributed by atoms with E-state index in [0.29, 0.717) is 39.8 Å². The number of furan rings is 1. The largest absolute Gasteiger partial charge is 0.493 e. The van der Waals surface area contributed by atoms with E-state index in [-0.39, 0.29) is 29.8 Å². The zero-order valence-corrected chi connectivity index (χ0v) is 21.7. The van der Waals surface area contributed by atoms with Gasteiger partial charge in [-0.3, -0.25) is 4.79 Å². The molecule has 1 amide bonds. The number of benzene rings is 2. The van der Waals surface area contributed by atoms with Gasteiger partial charge in [0, 0.05) is 0 Å². The van der Waals surface area contributed by atoms with Crippen LogP contribution in [0.5, 0.6) is 11.5 Å². The van der Waals surface area contributed by atoms with Gasteiger partial charge in [0.25, 0.3) is 5.91 Å². The van der Waals surface area contributed by atoms with Crippen LogP contribution in [0.15, 0.2) is 74.6 Å². The number of methoxy groups -OCH3 is 1. The Morgan fingerprint density at radius 2 is 1.84 bits per heavy atom. The minimum atomic E-state index is -3.85. The minimum Gasteiger partial charge on any atom is -0.493 e. The van der Waals surface area contributed by atoms with Crippen LogP contribution in [-0.4, -0.2) is 39.7 Å². The fourth-order valence-electron chi connectivity index (χ4n) is 3.61. The molecular formula is C26H25N3O8S. The molecule has 0 radical (unpaired) electrons. The molecule has 1 aliphatic heterocycles. The van der Waals surface area contributed by atoms with Crippen LogP contribution < -0.4 is 19.6 Å². The predicted molar refractivity (Wildman–Crippen MR) is 138 cm³/mol. The Kier molecular flexibility index (Phi) is 7.65. The zero-order chi connectivity index (χ0) is 27.4. The summed E-state index contributed by atoms with van der Waals surface area (Å²) < 4.78 is 44.6. The number of hydrogen-bond acceptors (Lipinski definition) is 9. The van der Waals surface area contributed by atoms with E-state index in [2.05, 4.69) is 5.10 Å². The number of hydrazone groups is 1. The molecular weight excluding hydrogens is 514 g/mol. The summed E-state index contributed by atoms with van der Waals surface area (Å²) >= 11 is 0. The second-order valence-electron chi connectivity index (χ2n) is 8.08. The van der Waals surface area contributed by atoms with Crippen molar-refractivity contribution < 1.29 is 36.6 Å². The first-order valence-electron chi connectivity index (χ1n) is 11.4. The molecule has 0 aliphatic carbocycles. The second-order valence-corrected chi connectivity index (χ2v) is 9.65. The number of ether oxygens (including phenoxy) is 3. The average Bonchev–Trinajstić information content (AvgIpc) is 3.48. The summed E-state index contributed by atoms with van der Waals surface area (Å²) in [6.07, 6.45) is 1.67. The Morgan fingerprint density at radius 3 is 2.50 bits per heavy atom. The lowest BCUT2D eigenvalue weighted by Gasteiger charge is -2.12. The molecule has 0 bridgehead atoms. The number of amides is 1. The maximum absolute atomic E-state index is 13.1. The molecule has 1 aromatic heterocycles. The van der Waals surface area contributed by atoms with Gasteiger partial charge in [0.05, 0.1) is 35.6 Å². The summed E-state index contributed by atoms with van der Waals surface area (Å²) in [5.41, 5.74) is 1.91. The van der Waals surface area contributed by atoms with Crippen molar-refractivity contribution in [1.29, 1.82) is 0 Å². The highest BCUT2D eigenvalue weighted by Gasteiger charge is 2.29. The number of nitrogens with zero attached hydrogens (tertiary/aromatic N) is 2. The van der Waals surface area contributed by atoms with E-state index in [4.69, 9.17) is 23.8 Å². The molecule has 2 heterocycles. The topological polar surface area (TPSA) is 151 Å². The summed E-state index contributed by atoms with van der Waals surface area (Å²) in [6, 6.07) is 13.8. The molecule has 2 aromatic carbocycles. The number of hydrogen-bond donors (Lipinski definition) is 1. The van der Waals surface area contributed by atoms with Gasteiger partial charge in [-0.25, -0.2) is 18.4 Å². The number of esters is 1. The van der Waals surface area contributed by atoms with Crippen molar-refractivity contribution in [2.75, 3.05) is 18.7 Å². The Balaban J connectivity index is 1.49. The number of sulfonamides is 1. The van der Waals surface area contributed by atoms with E-state index < -0.39 is 16.0 Å². The highest BCUT2D eigenvalue weighted by molar-refractivity contribution is 7.89. The Hall–Kier alpha value is -4.42. The van der Waals surface area contributed by atoms with E-state index in [0.717, 1.165) is 0 Å². The fourth-order valence-corrected chi connectivity index (χ4v) is 4.13. The van der Waals surface area contributed by atoms with Gasteiger partial charge in [0.1, 0.15) is 12.4 Å². The van der Waals surface area contributed by atoms with Gasteiger partial charge in [-0.1, -0.05) is 6.07 Å². The molecule has 198 valence electrons. The molecule has 3 aromatic rings. The second kappa shape index (κ2) is 10.9. The molecule has 0 spiro atoms. The van der Waals surface area contributed by atoms with Gasteiger partial charge >= 0.3 is 5.97 Å². The van der Waals surface area contributed by atoms with Crippen LogP contribution in [0.2, 0.25) is 0 Å². The molecule has 0 atom stereocenters. The third-order valence-corrected chi connectivity index (χ3v) is 6.41. The first-order chi connectivity index (χ1) is 18.1. The van der Waals surface area contributed by atoms with E-state index in [1.165, 1.54) is 42.5 Å². The standard InChI is InChI=1S/C26H25N3O8S/c1-4-35-26(31)23-12-8-19(37-23)15-36-22-11-5-17(14-24(22)34-3)13-21-16(2)28-29(25(21)30)18-6-9-20(10-7-18)38(27,32)33/h5-14H,4,15H2,1-3H3,(H2,27,32,33)/b21-13-.